The van der Waals surface area contributed by atoms with E-state index in [0.717, 1.165) is 0 Å². The lowest BCUT2D eigenvalue weighted by atomic mass is 9.99. The highest BCUT2D eigenvalue weighted by atomic mass is 35.5. The molecule has 0 spiro atoms. The predicted octanol–water partition coefficient (Wildman–Crippen LogP) is -0.294. The molecule has 0 aliphatic carbocycles. The van der Waals surface area contributed by atoms with Gasteiger partial charge in [-0.3, -0.25) is 4.57 Å². The fraction of sp³-hybridized carbons (Fsp3) is 0.417. The number of rotatable bonds is 2. The van der Waals surface area contributed by atoms with E-state index in [2.05, 4.69) is 20.9 Å². The first kappa shape index (κ1) is 14.0. The molecule has 0 amide bonds. The van der Waals surface area contributed by atoms with E-state index < -0.39 is 24.5 Å². The van der Waals surface area contributed by atoms with Crippen LogP contribution < -0.4 is 5.73 Å². The lowest BCUT2D eigenvalue weighted by molar-refractivity contribution is -0.0891. The van der Waals surface area contributed by atoms with E-state index in [0.29, 0.717) is 11.2 Å². The Bertz CT molecular complexity index is 742. The van der Waals surface area contributed by atoms with E-state index in [4.69, 9.17) is 28.5 Å². The van der Waals surface area contributed by atoms with Crippen molar-refractivity contribution in [1.82, 2.24) is 19.5 Å². The molecule has 0 radical (unpaired) electrons. The molecule has 0 bridgehead atoms. The van der Waals surface area contributed by atoms with Gasteiger partial charge in [0.1, 0.15) is 17.8 Å². The Hall–Kier alpha value is -1.92. The molecule has 8 nitrogen and oxygen atoms in total. The Kier molecular flexibility index (Phi) is 3.22. The van der Waals surface area contributed by atoms with Crippen molar-refractivity contribution in [1.29, 1.82) is 0 Å². The summed E-state index contributed by atoms with van der Waals surface area (Å²) in [4.78, 5) is 12.0. The number of hydrogen-bond acceptors (Lipinski definition) is 7. The first-order valence-electron chi connectivity index (χ1n) is 6.11. The van der Waals surface area contributed by atoms with Gasteiger partial charge in [0, 0.05) is 6.42 Å². The molecule has 1 aliphatic rings. The summed E-state index contributed by atoms with van der Waals surface area (Å²) in [7, 11) is 0. The van der Waals surface area contributed by atoms with E-state index in [1.807, 2.05) is 0 Å². The summed E-state index contributed by atoms with van der Waals surface area (Å²) in [5.74, 6) is 2.45. The summed E-state index contributed by atoms with van der Waals surface area (Å²) in [6, 6.07) is 0. The molecule has 1 aliphatic heterocycles. The van der Waals surface area contributed by atoms with Gasteiger partial charge < -0.3 is 20.7 Å². The van der Waals surface area contributed by atoms with Crippen LogP contribution in [0, 0.1) is 12.3 Å². The SMILES string of the molecule is C#C[C@]1(CO)O[C@@H](n2cnc3c(N)nc(Cl)nc32)CC1O. The number of hydrogen-bond donors (Lipinski definition) is 3. The average molecular weight is 310 g/mol. The van der Waals surface area contributed by atoms with Gasteiger partial charge in [-0.25, -0.2) is 4.98 Å². The van der Waals surface area contributed by atoms with Crippen LogP contribution in [0.4, 0.5) is 5.82 Å². The second-order valence-electron chi connectivity index (χ2n) is 4.72. The normalized spacial score (nSPS) is 28.9. The van der Waals surface area contributed by atoms with Crippen LogP contribution in [-0.2, 0) is 4.74 Å². The number of terminal acetylenes is 1. The molecule has 3 rings (SSSR count). The Balaban J connectivity index is 2.05. The average Bonchev–Trinajstić information content (AvgIpc) is 3.00. The molecule has 2 aromatic rings. The van der Waals surface area contributed by atoms with Gasteiger partial charge >= 0.3 is 0 Å². The molecule has 21 heavy (non-hydrogen) atoms. The molecule has 0 aromatic carbocycles. The summed E-state index contributed by atoms with van der Waals surface area (Å²) in [5.41, 5.74) is 5.03. The third-order valence-corrected chi connectivity index (χ3v) is 3.69. The lowest BCUT2D eigenvalue weighted by Crippen LogP contribution is -2.41. The number of ether oxygens (including phenoxy) is 1. The van der Waals surface area contributed by atoms with Crippen molar-refractivity contribution >= 4 is 28.6 Å². The van der Waals surface area contributed by atoms with E-state index in [1.165, 1.54) is 6.33 Å². The molecule has 2 aromatic heterocycles. The van der Waals surface area contributed by atoms with Gasteiger partial charge in [0.2, 0.25) is 5.28 Å². The molecular formula is C12H12ClN5O3. The maximum Gasteiger partial charge on any atom is 0.226 e. The van der Waals surface area contributed by atoms with E-state index in [-0.39, 0.29) is 17.5 Å². The summed E-state index contributed by atoms with van der Waals surface area (Å²) < 4.78 is 7.19. The van der Waals surface area contributed by atoms with Gasteiger partial charge in [0.05, 0.1) is 12.9 Å². The summed E-state index contributed by atoms with van der Waals surface area (Å²) in [6.45, 7) is -0.494. The topological polar surface area (TPSA) is 119 Å². The Morgan fingerprint density at radius 1 is 1.62 bits per heavy atom. The molecule has 1 unspecified atom stereocenters. The molecule has 3 atom stereocenters. The minimum Gasteiger partial charge on any atom is -0.392 e. The number of halogens is 1. The second kappa shape index (κ2) is 4.82. The van der Waals surface area contributed by atoms with Gasteiger partial charge in [-0.15, -0.1) is 6.42 Å². The van der Waals surface area contributed by atoms with Crippen LogP contribution in [0.15, 0.2) is 6.33 Å². The highest BCUT2D eigenvalue weighted by molar-refractivity contribution is 6.28. The minimum absolute atomic E-state index is 0.0225. The third kappa shape index (κ3) is 2.02. The maximum atomic E-state index is 10.0. The lowest BCUT2D eigenvalue weighted by Gasteiger charge is -2.23. The van der Waals surface area contributed by atoms with Crippen molar-refractivity contribution in [3.63, 3.8) is 0 Å². The number of aromatic nitrogens is 4. The highest BCUT2D eigenvalue weighted by Crippen LogP contribution is 2.37. The number of fused-ring (bicyclic) bond motifs is 1. The van der Waals surface area contributed by atoms with Crippen LogP contribution in [0.5, 0.6) is 0 Å². The van der Waals surface area contributed by atoms with Gasteiger partial charge in [-0.1, -0.05) is 5.92 Å². The molecule has 1 fully saturated rings. The predicted molar refractivity (Wildman–Crippen MR) is 74.1 cm³/mol. The van der Waals surface area contributed by atoms with Crippen molar-refractivity contribution in [2.24, 2.45) is 0 Å². The zero-order valence-electron chi connectivity index (χ0n) is 10.8. The van der Waals surface area contributed by atoms with Gasteiger partial charge in [-0.05, 0) is 11.6 Å². The molecule has 110 valence electrons. The zero-order valence-corrected chi connectivity index (χ0v) is 11.5. The fourth-order valence-corrected chi connectivity index (χ4v) is 2.53. The first-order valence-corrected chi connectivity index (χ1v) is 6.48. The first-order chi connectivity index (χ1) is 10.0. The van der Waals surface area contributed by atoms with Gasteiger partial charge in [0.15, 0.2) is 17.1 Å². The van der Waals surface area contributed by atoms with Crippen molar-refractivity contribution in [2.75, 3.05) is 12.3 Å². The van der Waals surface area contributed by atoms with E-state index in [1.54, 1.807) is 4.57 Å². The smallest absolute Gasteiger partial charge is 0.226 e. The van der Waals surface area contributed by atoms with Crippen LogP contribution in [-0.4, -0.2) is 48.0 Å². The molecule has 3 heterocycles. The van der Waals surface area contributed by atoms with E-state index >= 15 is 0 Å². The van der Waals surface area contributed by atoms with Gasteiger partial charge in [0.25, 0.3) is 0 Å². The third-order valence-electron chi connectivity index (χ3n) is 3.52. The van der Waals surface area contributed by atoms with Crippen LogP contribution in [0.25, 0.3) is 11.2 Å². The summed E-state index contributed by atoms with van der Waals surface area (Å²) in [5, 5.41) is 19.4. The molecular weight excluding hydrogens is 298 g/mol. The Morgan fingerprint density at radius 2 is 2.38 bits per heavy atom. The molecule has 1 saturated heterocycles. The number of imidazole rings is 1. The summed E-state index contributed by atoms with van der Waals surface area (Å²) >= 11 is 5.79. The van der Waals surface area contributed by atoms with Crippen molar-refractivity contribution < 1.29 is 14.9 Å². The van der Waals surface area contributed by atoms with Crippen LogP contribution in [0.1, 0.15) is 12.6 Å². The maximum absolute atomic E-state index is 10.0. The number of anilines is 1. The van der Waals surface area contributed by atoms with Gasteiger partial charge in [-0.2, -0.15) is 9.97 Å². The standard InChI is InChI=1S/C12H12ClN5O3/c1-2-12(4-19)6(20)3-7(21-12)18-5-15-8-9(14)16-11(13)17-10(8)18/h1,5-7,19-20H,3-4H2,(H2,14,16,17)/t6?,7-,12-/m1/s1. The number of nitrogen functional groups attached to an aromatic ring is 1. The second-order valence-corrected chi connectivity index (χ2v) is 5.06. The van der Waals surface area contributed by atoms with Crippen LogP contribution in [0.3, 0.4) is 0 Å². The van der Waals surface area contributed by atoms with Crippen LogP contribution in [0.2, 0.25) is 5.28 Å². The Morgan fingerprint density at radius 3 is 3.00 bits per heavy atom. The quantitative estimate of drug-likeness (QED) is 0.515. The molecule has 4 N–H and O–H groups in total. The number of aliphatic hydroxyl groups is 2. The minimum atomic E-state index is -1.44. The van der Waals surface area contributed by atoms with Crippen molar-refractivity contribution in [2.45, 2.75) is 24.4 Å². The number of nitrogens with two attached hydrogens (primary N) is 1. The van der Waals surface area contributed by atoms with Crippen LogP contribution >= 0.6 is 11.6 Å². The van der Waals surface area contributed by atoms with Crippen molar-refractivity contribution in [3.05, 3.63) is 11.6 Å². The fourth-order valence-electron chi connectivity index (χ4n) is 2.36. The number of nitrogens with zero attached hydrogens (tertiary/aromatic N) is 4. The molecule has 9 heteroatoms. The Labute approximate surface area is 124 Å². The zero-order chi connectivity index (χ0) is 15.2. The summed E-state index contributed by atoms with van der Waals surface area (Å²) in [6.07, 6.45) is 5.34. The molecule has 0 saturated carbocycles. The largest absolute Gasteiger partial charge is 0.392 e. The number of aliphatic hydroxyl groups excluding tert-OH is 2. The monoisotopic (exact) mass is 309 g/mol. The van der Waals surface area contributed by atoms with Crippen molar-refractivity contribution in [3.8, 4) is 12.3 Å². The highest BCUT2D eigenvalue weighted by Gasteiger charge is 2.47. The van der Waals surface area contributed by atoms with E-state index in [9.17, 15) is 10.2 Å².